The van der Waals surface area contributed by atoms with Crippen LogP contribution in [-0.4, -0.2) is 37.2 Å². The molecular formula is C17H30N4O2. The average molecular weight is 322 g/mol. The minimum Gasteiger partial charge on any atom is -0.444 e. The highest BCUT2D eigenvalue weighted by Gasteiger charge is 2.12. The van der Waals surface area contributed by atoms with E-state index in [2.05, 4.69) is 20.6 Å². The number of rotatable bonds is 6. The van der Waals surface area contributed by atoms with E-state index < -0.39 is 0 Å². The number of aliphatic imine (C=N–C) groups is 1. The van der Waals surface area contributed by atoms with Crippen LogP contribution in [0.25, 0.3) is 0 Å². The van der Waals surface area contributed by atoms with Crippen LogP contribution in [0.2, 0.25) is 0 Å². The second kappa shape index (κ2) is 9.55. The fourth-order valence-corrected chi connectivity index (χ4v) is 2.80. The Labute approximate surface area is 139 Å². The van der Waals surface area contributed by atoms with Crippen LogP contribution in [0.3, 0.4) is 0 Å². The lowest BCUT2D eigenvalue weighted by atomic mass is 10.1. The maximum absolute atomic E-state index is 5.96. The summed E-state index contributed by atoms with van der Waals surface area (Å²) < 4.78 is 11.5. The summed E-state index contributed by atoms with van der Waals surface area (Å²) in [6, 6.07) is 0. The van der Waals surface area contributed by atoms with Gasteiger partial charge in [-0.25, -0.2) is 4.98 Å². The van der Waals surface area contributed by atoms with Crippen LogP contribution in [0, 0.1) is 13.8 Å². The Balaban J connectivity index is 1.62. The van der Waals surface area contributed by atoms with E-state index in [1.165, 1.54) is 38.5 Å². The predicted molar refractivity (Wildman–Crippen MR) is 91.6 cm³/mol. The van der Waals surface area contributed by atoms with Crippen molar-refractivity contribution >= 4 is 5.96 Å². The number of ether oxygens (including phenoxy) is 1. The number of nitrogens with zero attached hydrogens (tertiary/aromatic N) is 2. The largest absolute Gasteiger partial charge is 0.444 e. The number of hydrogen-bond acceptors (Lipinski definition) is 4. The van der Waals surface area contributed by atoms with E-state index in [1.807, 2.05) is 13.8 Å². The molecule has 0 spiro atoms. The van der Waals surface area contributed by atoms with Gasteiger partial charge in [-0.05, 0) is 26.7 Å². The summed E-state index contributed by atoms with van der Waals surface area (Å²) in [5, 5.41) is 6.46. The maximum Gasteiger partial charge on any atom is 0.214 e. The number of aromatic nitrogens is 1. The zero-order valence-electron chi connectivity index (χ0n) is 14.7. The van der Waals surface area contributed by atoms with Gasteiger partial charge in [0.05, 0.1) is 24.9 Å². The molecule has 6 nitrogen and oxygen atoms in total. The predicted octanol–water partition coefficient (Wildman–Crippen LogP) is 2.70. The Morgan fingerprint density at radius 3 is 2.57 bits per heavy atom. The molecule has 1 aromatic rings. The molecule has 0 amide bonds. The highest BCUT2D eigenvalue weighted by Crippen LogP contribution is 2.19. The van der Waals surface area contributed by atoms with Gasteiger partial charge in [-0.3, -0.25) is 4.99 Å². The van der Waals surface area contributed by atoms with Crippen LogP contribution in [-0.2, 0) is 11.3 Å². The minimum absolute atomic E-state index is 0.438. The van der Waals surface area contributed by atoms with Crippen molar-refractivity contribution in [2.24, 2.45) is 4.99 Å². The normalized spacial score (nSPS) is 17.1. The van der Waals surface area contributed by atoms with Gasteiger partial charge >= 0.3 is 0 Å². The average Bonchev–Trinajstić information content (AvgIpc) is 2.75. The van der Waals surface area contributed by atoms with Crippen molar-refractivity contribution in [3.63, 3.8) is 0 Å². The molecule has 0 unspecified atom stereocenters. The second-order valence-corrected chi connectivity index (χ2v) is 6.09. The van der Waals surface area contributed by atoms with E-state index >= 15 is 0 Å². The van der Waals surface area contributed by atoms with Gasteiger partial charge in [-0.15, -0.1) is 0 Å². The molecule has 0 aromatic carbocycles. The zero-order chi connectivity index (χ0) is 16.5. The van der Waals surface area contributed by atoms with Crippen molar-refractivity contribution in [3.8, 4) is 0 Å². The highest BCUT2D eigenvalue weighted by molar-refractivity contribution is 5.79. The van der Waals surface area contributed by atoms with Crippen LogP contribution >= 0.6 is 0 Å². The molecule has 2 N–H and O–H groups in total. The molecule has 1 aliphatic rings. The van der Waals surface area contributed by atoms with Gasteiger partial charge in [0.25, 0.3) is 0 Å². The Hall–Kier alpha value is -1.56. The molecule has 0 aliphatic heterocycles. The summed E-state index contributed by atoms with van der Waals surface area (Å²) in [4.78, 5) is 8.55. The lowest BCUT2D eigenvalue weighted by Crippen LogP contribution is -2.39. The summed E-state index contributed by atoms with van der Waals surface area (Å²) in [6.07, 6.45) is 8.16. The SMILES string of the molecule is CN=C(NCCOC1CCCCCC1)NCc1nc(C)c(C)o1. The van der Waals surface area contributed by atoms with Crippen LogP contribution in [0.5, 0.6) is 0 Å². The third-order valence-corrected chi connectivity index (χ3v) is 4.25. The van der Waals surface area contributed by atoms with Crippen molar-refractivity contribution in [3.05, 3.63) is 17.3 Å². The number of oxazole rings is 1. The maximum atomic E-state index is 5.96. The Bertz CT molecular complexity index is 471. The molecule has 0 saturated heterocycles. The molecule has 6 heteroatoms. The van der Waals surface area contributed by atoms with Gasteiger partial charge in [-0.2, -0.15) is 0 Å². The molecule has 23 heavy (non-hydrogen) atoms. The van der Waals surface area contributed by atoms with Crippen LogP contribution in [0.15, 0.2) is 9.41 Å². The molecule has 0 bridgehead atoms. The van der Waals surface area contributed by atoms with Gasteiger partial charge < -0.3 is 19.8 Å². The topological polar surface area (TPSA) is 71.7 Å². The molecule has 1 aliphatic carbocycles. The fraction of sp³-hybridized carbons (Fsp3) is 0.765. The highest BCUT2D eigenvalue weighted by atomic mass is 16.5. The van der Waals surface area contributed by atoms with Gasteiger partial charge in [0, 0.05) is 13.6 Å². The number of guanidine groups is 1. The molecule has 1 heterocycles. The lowest BCUT2D eigenvalue weighted by molar-refractivity contribution is 0.0468. The fourth-order valence-electron chi connectivity index (χ4n) is 2.80. The van der Waals surface area contributed by atoms with Crippen LogP contribution < -0.4 is 10.6 Å². The lowest BCUT2D eigenvalue weighted by Gasteiger charge is -2.16. The Morgan fingerprint density at radius 2 is 1.96 bits per heavy atom. The van der Waals surface area contributed by atoms with Crippen molar-refractivity contribution < 1.29 is 9.15 Å². The molecular weight excluding hydrogens is 292 g/mol. The summed E-state index contributed by atoms with van der Waals surface area (Å²) >= 11 is 0. The molecule has 1 saturated carbocycles. The first kappa shape index (κ1) is 17.8. The zero-order valence-corrected chi connectivity index (χ0v) is 14.7. The standard InChI is InChI=1S/C17H30N4O2/c1-13-14(2)23-16(21-13)12-20-17(18-3)19-10-11-22-15-8-6-4-5-7-9-15/h15H,4-12H2,1-3H3,(H2,18,19,20). The third-order valence-electron chi connectivity index (χ3n) is 4.25. The summed E-state index contributed by atoms with van der Waals surface area (Å²) in [7, 11) is 1.76. The molecule has 0 radical (unpaired) electrons. The summed E-state index contributed by atoms with van der Waals surface area (Å²) in [6.45, 7) is 5.85. The van der Waals surface area contributed by atoms with Crippen molar-refractivity contribution in [1.29, 1.82) is 0 Å². The first-order valence-electron chi connectivity index (χ1n) is 8.68. The molecule has 2 rings (SSSR count). The number of hydrogen-bond donors (Lipinski definition) is 2. The van der Waals surface area contributed by atoms with E-state index in [1.54, 1.807) is 7.05 Å². The second-order valence-electron chi connectivity index (χ2n) is 6.09. The smallest absolute Gasteiger partial charge is 0.214 e. The molecule has 130 valence electrons. The van der Waals surface area contributed by atoms with E-state index in [4.69, 9.17) is 9.15 Å². The summed E-state index contributed by atoms with van der Waals surface area (Å²) in [5.41, 5.74) is 0.932. The Morgan fingerprint density at radius 1 is 1.22 bits per heavy atom. The molecule has 1 fully saturated rings. The first-order chi connectivity index (χ1) is 11.2. The van der Waals surface area contributed by atoms with Crippen molar-refractivity contribution in [1.82, 2.24) is 15.6 Å². The van der Waals surface area contributed by atoms with E-state index in [0.29, 0.717) is 25.1 Å². The van der Waals surface area contributed by atoms with E-state index in [-0.39, 0.29) is 0 Å². The third kappa shape index (κ3) is 6.22. The van der Waals surface area contributed by atoms with Crippen LogP contribution in [0.4, 0.5) is 0 Å². The molecule has 0 atom stereocenters. The number of nitrogens with one attached hydrogen (secondary N) is 2. The van der Waals surface area contributed by atoms with Gasteiger partial charge in [0.2, 0.25) is 5.89 Å². The monoisotopic (exact) mass is 322 g/mol. The van der Waals surface area contributed by atoms with Gasteiger partial charge in [-0.1, -0.05) is 25.7 Å². The van der Waals surface area contributed by atoms with Crippen molar-refractivity contribution in [2.75, 3.05) is 20.2 Å². The van der Waals surface area contributed by atoms with E-state index in [0.717, 1.165) is 24.0 Å². The minimum atomic E-state index is 0.438. The molecule has 1 aromatic heterocycles. The van der Waals surface area contributed by atoms with Gasteiger partial charge in [0.15, 0.2) is 5.96 Å². The van der Waals surface area contributed by atoms with Gasteiger partial charge in [0.1, 0.15) is 5.76 Å². The first-order valence-corrected chi connectivity index (χ1v) is 8.68. The quantitative estimate of drug-likeness (QED) is 0.365. The van der Waals surface area contributed by atoms with Crippen LogP contribution in [0.1, 0.15) is 55.9 Å². The summed E-state index contributed by atoms with van der Waals surface area (Å²) in [5.74, 6) is 2.28. The van der Waals surface area contributed by atoms with E-state index in [9.17, 15) is 0 Å². The number of aryl methyl sites for hydroxylation is 2. The van der Waals surface area contributed by atoms with Crippen molar-refractivity contribution in [2.45, 2.75) is 65.0 Å². The Kier molecular flexibility index (Phi) is 7.39.